The highest BCUT2D eigenvalue weighted by Crippen LogP contribution is 2.46. The molecule has 9 heteroatoms. The van der Waals surface area contributed by atoms with Crippen LogP contribution in [-0.4, -0.2) is 28.5 Å². The largest absolute Gasteiger partial charge is 0.416 e. The Kier molecular flexibility index (Phi) is 9.22. The monoisotopic (exact) mass is 528 g/mol. The van der Waals surface area contributed by atoms with E-state index >= 15 is 0 Å². The number of hydroxylamine groups is 1. The molecule has 1 aliphatic carbocycles. The van der Waals surface area contributed by atoms with E-state index < -0.39 is 11.7 Å². The van der Waals surface area contributed by atoms with Crippen LogP contribution in [0.5, 0.6) is 0 Å². The first-order chi connectivity index (χ1) is 18.3. The predicted molar refractivity (Wildman–Crippen MR) is 139 cm³/mol. The summed E-state index contributed by atoms with van der Waals surface area (Å²) in [4.78, 5) is 9.55. The first-order valence-electron chi connectivity index (χ1n) is 12.9. The molecule has 0 fully saturated rings. The van der Waals surface area contributed by atoms with Crippen molar-refractivity contribution < 1.29 is 22.7 Å². The number of hydrogen-bond donors (Lipinski definition) is 1. The molecule has 0 saturated heterocycles. The van der Waals surface area contributed by atoms with E-state index in [1.54, 1.807) is 30.3 Å². The molecule has 0 bridgehead atoms. The van der Waals surface area contributed by atoms with E-state index in [4.69, 9.17) is 9.57 Å². The lowest BCUT2D eigenvalue weighted by atomic mass is 9.68. The molecule has 204 valence electrons. The molecule has 1 heterocycles. The number of nitrogens with one attached hydrogen (secondary N) is 1. The number of allylic oxidation sites excluding steroid dienone is 2. The fourth-order valence-corrected chi connectivity index (χ4v) is 5.20. The summed E-state index contributed by atoms with van der Waals surface area (Å²) in [5.41, 5.74) is 6.62. The van der Waals surface area contributed by atoms with Crippen LogP contribution in [0, 0.1) is 11.3 Å². The molecule has 0 aliphatic heterocycles. The summed E-state index contributed by atoms with van der Waals surface area (Å²) >= 11 is 0. The minimum Gasteiger partial charge on any atom is -0.377 e. The van der Waals surface area contributed by atoms with Crippen LogP contribution in [0.4, 0.5) is 13.2 Å². The number of aromatic nitrogens is 3. The molecule has 0 unspecified atom stereocenters. The van der Waals surface area contributed by atoms with Crippen molar-refractivity contribution in [2.24, 2.45) is 11.3 Å². The highest BCUT2D eigenvalue weighted by Gasteiger charge is 2.39. The molecule has 3 aromatic rings. The molecule has 1 aromatic heterocycles. The number of alkyl halides is 3. The fourth-order valence-electron chi connectivity index (χ4n) is 5.20. The maximum absolute atomic E-state index is 13.0. The third-order valence-corrected chi connectivity index (χ3v) is 7.44. The minimum absolute atomic E-state index is 0.187. The summed E-state index contributed by atoms with van der Waals surface area (Å²) in [5, 5.41) is 4.32. The molecule has 38 heavy (non-hydrogen) atoms. The quantitative estimate of drug-likeness (QED) is 0.219. The summed E-state index contributed by atoms with van der Waals surface area (Å²) in [6.07, 6.45) is 3.08. The van der Waals surface area contributed by atoms with Crippen LogP contribution in [0.25, 0.3) is 0 Å². The van der Waals surface area contributed by atoms with Crippen molar-refractivity contribution in [1.29, 1.82) is 0 Å². The Hall–Kier alpha value is -3.17. The molecular formula is C29H35F3N4O2. The zero-order valence-corrected chi connectivity index (χ0v) is 21.9. The fraction of sp³-hybridized carbons (Fsp3) is 0.448. The summed E-state index contributed by atoms with van der Waals surface area (Å²) in [5.74, 6) is 0.220. The summed E-state index contributed by atoms with van der Waals surface area (Å²) in [6.45, 7) is 3.96. The van der Waals surface area contributed by atoms with Gasteiger partial charge in [0.15, 0.2) is 0 Å². The molecule has 1 aliphatic rings. The molecule has 0 amide bonds. The van der Waals surface area contributed by atoms with E-state index in [0.717, 1.165) is 54.6 Å². The van der Waals surface area contributed by atoms with Crippen molar-refractivity contribution in [2.45, 2.75) is 58.4 Å². The Morgan fingerprint density at radius 2 is 1.84 bits per heavy atom. The molecule has 2 atom stereocenters. The maximum Gasteiger partial charge on any atom is 0.416 e. The predicted octanol–water partition coefficient (Wildman–Crippen LogP) is 6.36. The Bertz CT molecular complexity index is 1160. The molecule has 0 radical (unpaired) electrons. The third-order valence-electron chi connectivity index (χ3n) is 7.44. The van der Waals surface area contributed by atoms with Gasteiger partial charge in [0.25, 0.3) is 0 Å². The van der Waals surface area contributed by atoms with Gasteiger partial charge in [0.2, 0.25) is 0 Å². The van der Waals surface area contributed by atoms with Crippen molar-refractivity contribution in [3.05, 3.63) is 95.2 Å². The second-order valence-corrected chi connectivity index (χ2v) is 10.1. The smallest absolute Gasteiger partial charge is 0.377 e. The molecule has 2 aromatic carbocycles. The second kappa shape index (κ2) is 12.6. The zero-order chi connectivity index (χ0) is 27.0. The van der Waals surface area contributed by atoms with Gasteiger partial charge in [-0.2, -0.15) is 18.3 Å². The molecule has 0 spiro atoms. The lowest BCUT2D eigenvalue weighted by molar-refractivity contribution is -0.137. The average molecular weight is 529 g/mol. The number of halogens is 3. The minimum atomic E-state index is -4.33. The van der Waals surface area contributed by atoms with Crippen LogP contribution < -0.4 is 5.48 Å². The van der Waals surface area contributed by atoms with Crippen molar-refractivity contribution in [3.63, 3.8) is 0 Å². The van der Waals surface area contributed by atoms with Crippen LogP contribution in [0.15, 0.2) is 78.5 Å². The number of rotatable bonds is 12. The topological polar surface area (TPSA) is 61.2 Å². The summed E-state index contributed by atoms with van der Waals surface area (Å²) in [6, 6.07) is 15.6. The van der Waals surface area contributed by atoms with Gasteiger partial charge in [-0.25, -0.2) is 9.67 Å². The average Bonchev–Trinajstić information content (AvgIpc) is 3.42. The van der Waals surface area contributed by atoms with Gasteiger partial charge >= 0.3 is 6.18 Å². The van der Waals surface area contributed by atoms with Gasteiger partial charge in [-0.15, -0.1) is 0 Å². The second-order valence-electron chi connectivity index (χ2n) is 10.1. The Morgan fingerprint density at radius 1 is 1.08 bits per heavy atom. The first kappa shape index (κ1) is 27.9. The Balaban J connectivity index is 1.50. The van der Waals surface area contributed by atoms with Crippen LogP contribution in [0.1, 0.15) is 49.3 Å². The third kappa shape index (κ3) is 7.23. The van der Waals surface area contributed by atoms with Gasteiger partial charge in [-0.3, -0.25) is 10.3 Å². The number of benzene rings is 2. The number of hydrogen-bond acceptors (Lipinski definition) is 5. The van der Waals surface area contributed by atoms with Crippen LogP contribution in [0.3, 0.4) is 0 Å². The Morgan fingerprint density at radius 3 is 2.50 bits per heavy atom. The summed E-state index contributed by atoms with van der Waals surface area (Å²) < 4.78 is 46.7. The van der Waals surface area contributed by atoms with Crippen molar-refractivity contribution in [2.75, 3.05) is 13.7 Å². The van der Waals surface area contributed by atoms with E-state index in [2.05, 4.69) is 34.6 Å². The number of ether oxygens (including phenoxy) is 1. The van der Waals surface area contributed by atoms with Crippen LogP contribution in [-0.2, 0) is 35.3 Å². The number of aryl methyl sites for hydroxylation is 1. The van der Waals surface area contributed by atoms with Crippen LogP contribution >= 0.6 is 0 Å². The van der Waals surface area contributed by atoms with Crippen molar-refractivity contribution in [3.8, 4) is 0 Å². The van der Waals surface area contributed by atoms with Gasteiger partial charge < -0.3 is 4.74 Å². The Labute approximate surface area is 221 Å². The summed E-state index contributed by atoms with van der Waals surface area (Å²) in [7, 11) is 1.61. The van der Waals surface area contributed by atoms with E-state index in [1.807, 2.05) is 18.2 Å². The van der Waals surface area contributed by atoms with Gasteiger partial charge in [-0.1, -0.05) is 49.4 Å². The molecule has 0 saturated carbocycles. The molecule has 1 N–H and O–H groups in total. The van der Waals surface area contributed by atoms with Crippen molar-refractivity contribution in [1.82, 2.24) is 20.2 Å². The lowest BCUT2D eigenvalue weighted by Crippen LogP contribution is -2.38. The normalized spacial score (nSPS) is 20.1. The van der Waals surface area contributed by atoms with Gasteiger partial charge in [0, 0.05) is 17.7 Å². The first-order valence-corrected chi connectivity index (χ1v) is 12.9. The maximum atomic E-state index is 13.0. The van der Waals surface area contributed by atoms with E-state index in [-0.39, 0.29) is 11.3 Å². The standard InChI is InChI=1S/C29H35F3N4O2/c1-28(16-17-38-19-23-6-4-3-5-7-23)15-14-24(11-8-22-9-12-25(13-10-22)29(30,31)32)26(27(28)35-37-2)18-36-21-33-20-34-36/h3-7,9-10,12-13,20-21,24,35H,8,11,14-19H2,1-2H3/t24-,28+/m1/s1. The number of nitrogens with zero attached hydrogens (tertiary/aromatic N) is 3. The van der Waals surface area contributed by atoms with Gasteiger partial charge in [-0.05, 0) is 66.9 Å². The SMILES string of the molecule is CONC1=C(Cn2cncn2)[C@H](CCc2ccc(C(F)(F)F)cc2)CC[C@@]1(C)CCOCc1ccccc1. The highest BCUT2D eigenvalue weighted by atomic mass is 19.4. The van der Waals surface area contributed by atoms with Crippen LogP contribution in [0.2, 0.25) is 0 Å². The van der Waals surface area contributed by atoms with E-state index in [0.29, 0.717) is 26.2 Å². The highest BCUT2D eigenvalue weighted by molar-refractivity contribution is 5.27. The molecule has 6 nitrogen and oxygen atoms in total. The van der Waals surface area contributed by atoms with Crippen molar-refractivity contribution >= 4 is 0 Å². The van der Waals surface area contributed by atoms with E-state index in [1.165, 1.54) is 11.9 Å². The van der Waals surface area contributed by atoms with Gasteiger partial charge in [0.05, 0.1) is 25.8 Å². The lowest BCUT2D eigenvalue weighted by Gasteiger charge is -2.41. The molecular weight excluding hydrogens is 493 g/mol. The van der Waals surface area contributed by atoms with E-state index in [9.17, 15) is 13.2 Å². The molecule has 4 rings (SSSR count). The zero-order valence-electron chi connectivity index (χ0n) is 21.9. The van der Waals surface area contributed by atoms with Gasteiger partial charge in [0.1, 0.15) is 12.7 Å².